The minimum Gasteiger partial charge on any atom is -0.353 e. The van der Waals surface area contributed by atoms with Gasteiger partial charge in [0.15, 0.2) is 5.13 Å². The van der Waals surface area contributed by atoms with Gasteiger partial charge in [-0.1, -0.05) is 6.92 Å². The van der Waals surface area contributed by atoms with Crippen LogP contribution < -0.4 is 10.6 Å². The average molecular weight is 339 g/mol. The molecule has 1 saturated heterocycles. The van der Waals surface area contributed by atoms with Crippen LogP contribution in [0.5, 0.6) is 0 Å². The van der Waals surface area contributed by atoms with Crippen molar-refractivity contribution >= 4 is 28.4 Å². The molecule has 0 spiro atoms. The zero-order valence-corrected chi connectivity index (χ0v) is 14.8. The average Bonchev–Trinajstić information content (AvgIpc) is 2.92. The molecule has 1 atom stereocenters. The molecule has 2 rings (SSSR count). The number of anilines is 1. The second-order valence-electron chi connectivity index (χ2n) is 5.85. The fourth-order valence-corrected chi connectivity index (χ4v) is 2.97. The maximum atomic E-state index is 12.2. The van der Waals surface area contributed by atoms with E-state index in [0.29, 0.717) is 37.9 Å². The molecule has 0 aliphatic carbocycles. The van der Waals surface area contributed by atoms with Gasteiger partial charge < -0.3 is 10.2 Å². The standard InChI is InChI=1S/C15H25N5O2S/c1-4-11(2)17-13(21)10-19-5-7-20(8-6-19)15(22)18-14-16-9-12(3)23-14/h9,11H,4-8,10H2,1-3H3,(H,17,21)(H,16,18,22). The van der Waals surface area contributed by atoms with Crippen LogP contribution >= 0.6 is 11.3 Å². The topological polar surface area (TPSA) is 77.6 Å². The number of hydrogen-bond acceptors (Lipinski definition) is 5. The van der Waals surface area contributed by atoms with Gasteiger partial charge in [0.2, 0.25) is 5.91 Å². The summed E-state index contributed by atoms with van der Waals surface area (Å²) in [6.45, 7) is 9.05. The maximum absolute atomic E-state index is 12.2. The van der Waals surface area contributed by atoms with Crippen LogP contribution in [0.1, 0.15) is 25.1 Å². The summed E-state index contributed by atoms with van der Waals surface area (Å²) in [4.78, 5) is 33.1. The monoisotopic (exact) mass is 339 g/mol. The van der Waals surface area contributed by atoms with Crippen molar-refractivity contribution in [3.63, 3.8) is 0 Å². The van der Waals surface area contributed by atoms with E-state index in [1.54, 1.807) is 11.1 Å². The number of urea groups is 1. The molecule has 3 amide bonds. The van der Waals surface area contributed by atoms with E-state index in [1.165, 1.54) is 11.3 Å². The summed E-state index contributed by atoms with van der Waals surface area (Å²) in [5.41, 5.74) is 0. The Morgan fingerprint density at radius 2 is 2.04 bits per heavy atom. The molecule has 1 aromatic heterocycles. The van der Waals surface area contributed by atoms with E-state index in [1.807, 2.05) is 20.8 Å². The molecule has 128 valence electrons. The lowest BCUT2D eigenvalue weighted by molar-refractivity contribution is -0.123. The van der Waals surface area contributed by atoms with Crippen LogP contribution in [0.2, 0.25) is 0 Å². The van der Waals surface area contributed by atoms with E-state index < -0.39 is 0 Å². The van der Waals surface area contributed by atoms with Crippen molar-refractivity contribution in [2.45, 2.75) is 33.2 Å². The summed E-state index contributed by atoms with van der Waals surface area (Å²) in [7, 11) is 0. The summed E-state index contributed by atoms with van der Waals surface area (Å²) in [5.74, 6) is 0.0514. The van der Waals surface area contributed by atoms with E-state index in [2.05, 4.69) is 20.5 Å². The number of nitrogens with zero attached hydrogens (tertiary/aromatic N) is 3. The summed E-state index contributed by atoms with van der Waals surface area (Å²) in [5, 5.41) is 6.41. The van der Waals surface area contributed by atoms with Crippen molar-refractivity contribution in [2.75, 3.05) is 38.0 Å². The molecule has 0 bridgehead atoms. The van der Waals surface area contributed by atoms with Crippen LogP contribution in [-0.4, -0.2) is 65.5 Å². The van der Waals surface area contributed by atoms with Gasteiger partial charge in [0.1, 0.15) is 0 Å². The van der Waals surface area contributed by atoms with Gasteiger partial charge in [-0.25, -0.2) is 9.78 Å². The highest BCUT2D eigenvalue weighted by molar-refractivity contribution is 7.15. The van der Waals surface area contributed by atoms with E-state index in [4.69, 9.17) is 0 Å². The fourth-order valence-electron chi connectivity index (χ4n) is 2.32. The second-order valence-corrected chi connectivity index (χ2v) is 7.08. The molecule has 1 aromatic rings. The van der Waals surface area contributed by atoms with Crippen LogP contribution in [0.3, 0.4) is 0 Å². The van der Waals surface area contributed by atoms with Crippen molar-refractivity contribution < 1.29 is 9.59 Å². The van der Waals surface area contributed by atoms with Gasteiger partial charge in [0, 0.05) is 43.3 Å². The van der Waals surface area contributed by atoms with Crippen LogP contribution in [-0.2, 0) is 4.79 Å². The predicted octanol–water partition coefficient (Wildman–Crippen LogP) is 1.52. The lowest BCUT2D eigenvalue weighted by Gasteiger charge is -2.34. The Kier molecular flexibility index (Phi) is 6.35. The third-order valence-electron chi connectivity index (χ3n) is 3.88. The summed E-state index contributed by atoms with van der Waals surface area (Å²) in [6.07, 6.45) is 2.67. The number of amides is 3. The van der Waals surface area contributed by atoms with Gasteiger partial charge in [-0.15, -0.1) is 11.3 Å². The van der Waals surface area contributed by atoms with Crippen LogP contribution in [0.4, 0.5) is 9.93 Å². The van der Waals surface area contributed by atoms with Crippen molar-refractivity contribution in [2.24, 2.45) is 0 Å². The molecule has 7 nitrogen and oxygen atoms in total. The highest BCUT2D eigenvalue weighted by Crippen LogP contribution is 2.17. The molecule has 1 unspecified atom stereocenters. The van der Waals surface area contributed by atoms with E-state index in [9.17, 15) is 9.59 Å². The predicted molar refractivity (Wildman–Crippen MR) is 91.8 cm³/mol. The molecule has 0 aromatic carbocycles. The first-order valence-electron chi connectivity index (χ1n) is 7.98. The SMILES string of the molecule is CCC(C)NC(=O)CN1CCN(C(=O)Nc2ncc(C)s2)CC1. The molecule has 1 fully saturated rings. The Morgan fingerprint density at radius 1 is 1.35 bits per heavy atom. The minimum atomic E-state index is -0.122. The molecule has 23 heavy (non-hydrogen) atoms. The van der Waals surface area contributed by atoms with Gasteiger partial charge >= 0.3 is 6.03 Å². The van der Waals surface area contributed by atoms with E-state index >= 15 is 0 Å². The molecular formula is C15H25N5O2S. The van der Waals surface area contributed by atoms with E-state index in [-0.39, 0.29) is 18.0 Å². The van der Waals surface area contributed by atoms with Crippen molar-refractivity contribution in [1.29, 1.82) is 0 Å². The molecule has 0 saturated carbocycles. The minimum absolute atomic E-state index is 0.0514. The highest BCUT2D eigenvalue weighted by atomic mass is 32.1. The number of hydrogen-bond donors (Lipinski definition) is 2. The number of piperazine rings is 1. The zero-order chi connectivity index (χ0) is 16.8. The molecule has 1 aliphatic rings. The summed E-state index contributed by atoms with van der Waals surface area (Å²) >= 11 is 1.46. The smallest absolute Gasteiger partial charge is 0.323 e. The third-order valence-corrected chi connectivity index (χ3v) is 4.71. The van der Waals surface area contributed by atoms with Gasteiger partial charge in [-0.3, -0.25) is 15.0 Å². The number of rotatable bonds is 5. The number of nitrogens with one attached hydrogen (secondary N) is 2. The highest BCUT2D eigenvalue weighted by Gasteiger charge is 2.23. The number of carbonyl (C=O) groups excluding carboxylic acids is 2. The van der Waals surface area contributed by atoms with Gasteiger partial charge in [-0.05, 0) is 20.3 Å². The molecule has 2 heterocycles. The van der Waals surface area contributed by atoms with Gasteiger partial charge in [0.05, 0.1) is 6.54 Å². The molecule has 1 aliphatic heterocycles. The first-order chi connectivity index (χ1) is 11.0. The number of carbonyl (C=O) groups is 2. The quantitative estimate of drug-likeness (QED) is 0.852. The Bertz CT molecular complexity index is 540. The zero-order valence-electron chi connectivity index (χ0n) is 14.0. The first kappa shape index (κ1) is 17.7. The Balaban J connectivity index is 1.73. The van der Waals surface area contributed by atoms with E-state index in [0.717, 1.165) is 11.3 Å². The summed E-state index contributed by atoms with van der Waals surface area (Å²) in [6, 6.07) is 0.0828. The number of thiazole rings is 1. The largest absolute Gasteiger partial charge is 0.353 e. The number of aromatic nitrogens is 1. The van der Waals surface area contributed by atoms with Crippen LogP contribution in [0, 0.1) is 6.92 Å². The lowest BCUT2D eigenvalue weighted by Crippen LogP contribution is -2.52. The Hall–Kier alpha value is -1.67. The Labute approximate surface area is 141 Å². The first-order valence-corrected chi connectivity index (χ1v) is 8.79. The summed E-state index contributed by atoms with van der Waals surface area (Å²) < 4.78 is 0. The lowest BCUT2D eigenvalue weighted by atomic mass is 10.2. The second kappa shape index (κ2) is 8.26. The normalized spacial score (nSPS) is 16.9. The molecule has 0 radical (unpaired) electrons. The van der Waals surface area contributed by atoms with Crippen molar-refractivity contribution in [3.05, 3.63) is 11.1 Å². The number of aryl methyl sites for hydroxylation is 1. The van der Waals surface area contributed by atoms with Gasteiger partial charge in [0.25, 0.3) is 0 Å². The van der Waals surface area contributed by atoms with Crippen LogP contribution in [0.25, 0.3) is 0 Å². The molecule has 8 heteroatoms. The van der Waals surface area contributed by atoms with Crippen LogP contribution in [0.15, 0.2) is 6.20 Å². The Morgan fingerprint density at radius 3 is 2.61 bits per heavy atom. The third kappa shape index (κ3) is 5.47. The fraction of sp³-hybridized carbons (Fsp3) is 0.667. The van der Waals surface area contributed by atoms with Gasteiger partial charge in [-0.2, -0.15) is 0 Å². The van der Waals surface area contributed by atoms with Crippen molar-refractivity contribution in [3.8, 4) is 0 Å². The molecule has 2 N–H and O–H groups in total. The molecular weight excluding hydrogens is 314 g/mol. The maximum Gasteiger partial charge on any atom is 0.323 e. The van der Waals surface area contributed by atoms with Crippen molar-refractivity contribution in [1.82, 2.24) is 20.1 Å².